The van der Waals surface area contributed by atoms with E-state index in [4.69, 9.17) is 44.3 Å². The number of methoxy groups -OCH3 is 2. The van der Waals surface area contributed by atoms with Crippen molar-refractivity contribution in [3.63, 3.8) is 0 Å². The molecule has 12 heteroatoms. The summed E-state index contributed by atoms with van der Waals surface area (Å²) in [5, 5.41) is 9.94. The molecule has 2 aliphatic heterocycles. The summed E-state index contributed by atoms with van der Waals surface area (Å²) in [7, 11) is 3.08. The number of carbonyl (C=O) groups is 2. The molecule has 210 valence electrons. The van der Waals surface area contributed by atoms with Crippen LogP contribution < -0.4 is 9.47 Å². The van der Waals surface area contributed by atoms with Crippen molar-refractivity contribution in [2.45, 2.75) is 49.6 Å². The van der Waals surface area contributed by atoms with Crippen molar-refractivity contribution < 1.29 is 19.1 Å². The highest BCUT2D eigenvalue weighted by molar-refractivity contribution is 6.40. The molecule has 40 heavy (non-hydrogen) atoms. The molecule has 2 amide bonds. The van der Waals surface area contributed by atoms with Crippen LogP contribution in [0.5, 0.6) is 11.5 Å². The van der Waals surface area contributed by atoms with Gasteiger partial charge in [0.1, 0.15) is 23.2 Å². The van der Waals surface area contributed by atoms with Gasteiger partial charge in [-0.2, -0.15) is 0 Å². The molecule has 0 N–H and O–H groups in total. The Bertz CT molecular complexity index is 1470. The first-order chi connectivity index (χ1) is 19.3. The highest BCUT2D eigenvalue weighted by atomic mass is 35.5. The van der Waals surface area contributed by atoms with Gasteiger partial charge >= 0.3 is 0 Å². The van der Waals surface area contributed by atoms with Crippen LogP contribution in [0, 0.1) is 0 Å². The summed E-state index contributed by atoms with van der Waals surface area (Å²) in [5.41, 5.74) is 1.40. The number of ether oxygens (including phenoxy) is 2. The third-order valence-corrected chi connectivity index (χ3v) is 9.17. The highest BCUT2D eigenvalue weighted by Gasteiger charge is 2.61. The van der Waals surface area contributed by atoms with Crippen LogP contribution in [0.2, 0.25) is 15.1 Å². The van der Waals surface area contributed by atoms with Gasteiger partial charge in [-0.1, -0.05) is 40.0 Å². The molecule has 1 aliphatic carbocycles. The minimum atomic E-state index is -0.516. The van der Waals surface area contributed by atoms with E-state index in [1.807, 2.05) is 11.1 Å². The first kappa shape index (κ1) is 27.2. The topological polar surface area (TPSA) is 89.8 Å². The van der Waals surface area contributed by atoms with E-state index in [2.05, 4.69) is 10.3 Å². The van der Waals surface area contributed by atoms with E-state index in [9.17, 15) is 9.59 Å². The quantitative estimate of drug-likeness (QED) is 0.374. The number of halogens is 3. The van der Waals surface area contributed by atoms with E-state index in [1.165, 1.54) is 7.11 Å². The van der Waals surface area contributed by atoms with E-state index in [0.717, 1.165) is 31.4 Å². The summed E-state index contributed by atoms with van der Waals surface area (Å²) in [6, 6.07) is 7.81. The van der Waals surface area contributed by atoms with Gasteiger partial charge in [0.2, 0.25) is 5.91 Å². The van der Waals surface area contributed by atoms with Crippen LogP contribution in [0.25, 0.3) is 5.69 Å². The van der Waals surface area contributed by atoms with Gasteiger partial charge in [-0.25, -0.2) is 4.68 Å². The lowest BCUT2D eigenvalue weighted by Gasteiger charge is -2.33. The van der Waals surface area contributed by atoms with Crippen LogP contribution in [-0.2, 0) is 4.79 Å². The molecule has 0 bridgehead atoms. The second-order valence-electron chi connectivity index (χ2n) is 10.5. The monoisotopic (exact) mass is 603 g/mol. The molecule has 3 aliphatic rings. The number of aromatic nitrogens is 3. The molecule has 0 radical (unpaired) electrons. The number of hydrogen-bond acceptors (Lipinski definition) is 6. The number of hydrogen-bond donors (Lipinski definition) is 0. The molecule has 2 atom stereocenters. The smallest absolute Gasteiger partial charge is 0.258 e. The van der Waals surface area contributed by atoms with Crippen LogP contribution in [0.1, 0.15) is 54.1 Å². The zero-order valence-corrected chi connectivity index (χ0v) is 24.3. The number of carbonyl (C=O) groups excluding carboxylic acids is 2. The molecular formula is C28H28Cl3N5O4. The lowest BCUT2D eigenvalue weighted by Crippen LogP contribution is -2.50. The van der Waals surface area contributed by atoms with Crippen molar-refractivity contribution in [2.75, 3.05) is 27.3 Å². The van der Waals surface area contributed by atoms with Crippen LogP contribution in [0.4, 0.5) is 0 Å². The Kier molecular flexibility index (Phi) is 7.09. The zero-order chi connectivity index (χ0) is 28.2. The minimum Gasteiger partial charge on any atom is -0.497 e. The summed E-state index contributed by atoms with van der Waals surface area (Å²) in [5.74, 6) is 0.831. The predicted octanol–water partition coefficient (Wildman–Crippen LogP) is 5.40. The summed E-state index contributed by atoms with van der Waals surface area (Å²) in [6.07, 6.45) is 5.75. The second-order valence-corrected chi connectivity index (χ2v) is 11.7. The third kappa shape index (κ3) is 4.48. The molecule has 2 saturated heterocycles. The Balaban J connectivity index is 1.23. The van der Waals surface area contributed by atoms with E-state index >= 15 is 0 Å². The van der Waals surface area contributed by atoms with Gasteiger partial charge in [0, 0.05) is 30.1 Å². The van der Waals surface area contributed by atoms with Gasteiger partial charge in [0.05, 0.1) is 47.3 Å². The van der Waals surface area contributed by atoms with Gasteiger partial charge in [0.15, 0.2) is 0 Å². The molecular weight excluding hydrogens is 577 g/mol. The first-order valence-corrected chi connectivity index (χ1v) is 14.3. The van der Waals surface area contributed by atoms with Gasteiger partial charge in [-0.3, -0.25) is 9.59 Å². The van der Waals surface area contributed by atoms with Gasteiger partial charge in [-0.05, 0) is 56.4 Å². The Morgan fingerprint density at radius 3 is 2.42 bits per heavy atom. The van der Waals surface area contributed by atoms with Gasteiger partial charge in [-0.15, -0.1) is 5.10 Å². The van der Waals surface area contributed by atoms with Crippen molar-refractivity contribution >= 4 is 46.6 Å². The molecule has 3 aromatic rings. The van der Waals surface area contributed by atoms with Crippen molar-refractivity contribution in [1.82, 2.24) is 24.8 Å². The number of nitrogens with zero attached hydrogens (tertiary/aromatic N) is 5. The lowest BCUT2D eigenvalue weighted by molar-refractivity contribution is -0.137. The maximum Gasteiger partial charge on any atom is 0.258 e. The fraction of sp³-hybridized carbons (Fsp3) is 0.429. The Morgan fingerprint density at radius 2 is 1.75 bits per heavy atom. The third-order valence-electron chi connectivity index (χ3n) is 8.37. The van der Waals surface area contributed by atoms with Gasteiger partial charge in [0.25, 0.3) is 5.91 Å². The molecule has 2 aromatic carbocycles. The van der Waals surface area contributed by atoms with E-state index in [1.54, 1.807) is 47.0 Å². The molecule has 3 heterocycles. The lowest BCUT2D eigenvalue weighted by atomic mass is 9.94. The molecule has 1 aromatic heterocycles. The Hall–Kier alpha value is -3.01. The second kappa shape index (κ2) is 10.4. The maximum absolute atomic E-state index is 14.0. The van der Waals surface area contributed by atoms with Crippen LogP contribution in [-0.4, -0.2) is 75.5 Å². The van der Waals surface area contributed by atoms with Crippen molar-refractivity contribution in [3.05, 3.63) is 62.9 Å². The van der Waals surface area contributed by atoms with Crippen LogP contribution >= 0.6 is 34.8 Å². The molecule has 3 fully saturated rings. The van der Waals surface area contributed by atoms with E-state index < -0.39 is 6.04 Å². The summed E-state index contributed by atoms with van der Waals surface area (Å²) in [4.78, 5) is 31.3. The zero-order valence-electron chi connectivity index (χ0n) is 22.1. The SMILES string of the molecule is COc1ccc(C(=O)N2CCCC2C(=O)N2CCC(c3cn(-c4c(Cl)cc(Cl)cc4Cl)nn3)C23CC3)c(OC)c1. The normalized spacial score (nSPS) is 21.2. The number of likely N-dealkylation sites (tertiary alicyclic amines) is 2. The largest absolute Gasteiger partial charge is 0.497 e. The van der Waals surface area contributed by atoms with Crippen LogP contribution in [0.15, 0.2) is 36.5 Å². The number of rotatable bonds is 6. The van der Waals surface area contributed by atoms with Crippen LogP contribution in [0.3, 0.4) is 0 Å². The molecule has 2 unspecified atom stereocenters. The standard InChI is InChI=1S/C28H28Cl3N5O4/c1-39-17-5-6-18(24(14-17)40-2)26(37)34-10-3-4-23(34)27(38)35-11-7-19(28(35)8-9-28)22-15-36(33-32-22)25-20(30)12-16(29)13-21(25)31/h5-6,12-15,19,23H,3-4,7-11H2,1-2H3. The fourth-order valence-corrected chi connectivity index (χ4v) is 7.30. The van der Waals surface area contributed by atoms with Crippen molar-refractivity contribution in [3.8, 4) is 17.2 Å². The first-order valence-electron chi connectivity index (χ1n) is 13.2. The average Bonchev–Trinajstić information content (AvgIpc) is 3.26. The summed E-state index contributed by atoms with van der Waals surface area (Å²) >= 11 is 18.9. The Morgan fingerprint density at radius 1 is 1.00 bits per heavy atom. The average molecular weight is 605 g/mol. The van der Waals surface area contributed by atoms with E-state index in [0.29, 0.717) is 57.3 Å². The predicted molar refractivity (Wildman–Crippen MR) is 151 cm³/mol. The molecule has 6 rings (SSSR count). The number of amides is 2. The molecule has 1 saturated carbocycles. The van der Waals surface area contributed by atoms with Crippen molar-refractivity contribution in [1.29, 1.82) is 0 Å². The maximum atomic E-state index is 14.0. The summed E-state index contributed by atoms with van der Waals surface area (Å²) in [6.45, 7) is 1.12. The highest BCUT2D eigenvalue weighted by Crippen LogP contribution is 2.57. The summed E-state index contributed by atoms with van der Waals surface area (Å²) < 4.78 is 12.3. The minimum absolute atomic E-state index is 0.00508. The number of benzene rings is 2. The van der Waals surface area contributed by atoms with Gasteiger partial charge < -0.3 is 19.3 Å². The van der Waals surface area contributed by atoms with Crippen molar-refractivity contribution in [2.24, 2.45) is 0 Å². The van der Waals surface area contributed by atoms with E-state index in [-0.39, 0.29) is 23.3 Å². The molecule has 9 nitrogen and oxygen atoms in total. The fourth-order valence-electron chi connectivity index (χ4n) is 6.31. The molecule has 1 spiro atoms. The Labute approximate surface area is 246 Å².